The molecule has 2 rings (SSSR count). The Morgan fingerprint density at radius 1 is 1.50 bits per heavy atom. The van der Waals surface area contributed by atoms with Gasteiger partial charge in [-0.2, -0.15) is 0 Å². The smallest absolute Gasteiger partial charge is 0.310 e. The number of nitrogens with zero attached hydrogens (tertiary/aromatic N) is 1. The van der Waals surface area contributed by atoms with E-state index < -0.39 is 14.9 Å². The number of ether oxygens (including phenoxy) is 1. The lowest BCUT2D eigenvalue weighted by atomic mass is 10.0. The van der Waals surface area contributed by atoms with Crippen molar-refractivity contribution in [1.29, 1.82) is 0 Å². The molecule has 0 aromatic heterocycles. The van der Waals surface area contributed by atoms with Crippen molar-refractivity contribution in [2.45, 2.75) is 17.7 Å². The maximum absolute atomic E-state index is 12.3. The second-order valence-electron chi connectivity index (χ2n) is 5.16. The first-order valence-electron chi connectivity index (χ1n) is 6.97. The second kappa shape index (κ2) is 7.03. The van der Waals surface area contributed by atoms with E-state index in [1.807, 2.05) is 0 Å². The van der Waals surface area contributed by atoms with Crippen molar-refractivity contribution < 1.29 is 18.1 Å². The molecule has 0 saturated carbocycles. The van der Waals surface area contributed by atoms with Gasteiger partial charge in [-0.05, 0) is 37.9 Å². The van der Waals surface area contributed by atoms with Crippen LogP contribution in [0.3, 0.4) is 0 Å². The topological polar surface area (TPSA) is 111 Å². The third kappa shape index (κ3) is 3.93. The Balaban J connectivity index is 2.13. The van der Waals surface area contributed by atoms with Crippen LogP contribution in [0.4, 0.5) is 5.69 Å². The minimum absolute atomic E-state index is 0.0429. The van der Waals surface area contributed by atoms with Crippen LogP contribution < -0.4 is 14.8 Å². The van der Waals surface area contributed by atoms with Gasteiger partial charge in [-0.15, -0.1) is 0 Å². The zero-order chi connectivity index (χ0) is 16.2. The third-order valence-corrected chi connectivity index (χ3v) is 5.04. The molecule has 1 heterocycles. The van der Waals surface area contributed by atoms with Crippen LogP contribution in [-0.4, -0.2) is 40.1 Å². The molecule has 0 amide bonds. The molecular weight excluding hydrogens is 310 g/mol. The van der Waals surface area contributed by atoms with Gasteiger partial charge in [0.1, 0.15) is 0 Å². The van der Waals surface area contributed by atoms with E-state index in [4.69, 9.17) is 4.74 Å². The summed E-state index contributed by atoms with van der Waals surface area (Å²) >= 11 is 0. The van der Waals surface area contributed by atoms with Gasteiger partial charge in [-0.3, -0.25) is 10.1 Å². The average molecular weight is 329 g/mol. The van der Waals surface area contributed by atoms with Gasteiger partial charge in [0.15, 0.2) is 5.75 Å². The van der Waals surface area contributed by atoms with Crippen molar-refractivity contribution in [3.8, 4) is 5.75 Å². The molecule has 22 heavy (non-hydrogen) atoms. The van der Waals surface area contributed by atoms with Crippen LogP contribution >= 0.6 is 0 Å². The summed E-state index contributed by atoms with van der Waals surface area (Å²) in [6, 6.07) is 3.51. The minimum Gasteiger partial charge on any atom is -0.490 e. The lowest BCUT2D eigenvalue weighted by Gasteiger charge is -2.22. The number of hydrogen-bond donors (Lipinski definition) is 2. The van der Waals surface area contributed by atoms with Gasteiger partial charge in [0.2, 0.25) is 10.0 Å². The number of sulfonamides is 1. The van der Waals surface area contributed by atoms with Gasteiger partial charge in [0, 0.05) is 18.7 Å². The number of nitro benzene ring substituents is 1. The highest BCUT2D eigenvalue weighted by Gasteiger charge is 2.22. The van der Waals surface area contributed by atoms with E-state index in [9.17, 15) is 18.5 Å². The molecule has 1 aliphatic rings. The zero-order valence-corrected chi connectivity index (χ0v) is 13.1. The van der Waals surface area contributed by atoms with Crippen molar-refractivity contribution in [3.63, 3.8) is 0 Å². The third-order valence-electron chi connectivity index (χ3n) is 3.62. The van der Waals surface area contributed by atoms with E-state index in [1.165, 1.54) is 19.2 Å². The van der Waals surface area contributed by atoms with Crippen molar-refractivity contribution in [2.24, 2.45) is 5.92 Å². The predicted octanol–water partition coefficient (Wildman–Crippen LogP) is 0.881. The number of rotatable bonds is 6. The van der Waals surface area contributed by atoms with Crippen LogP contribution in [0.25, 0.3) is 0 Å². The minimum atomic E-state index is -3.72. The molecule has 0 radical (unpaired) electrons. The fourth-order valence-electron chi connectivity index (χ4n) is 2.39. The van der Waals surface area contributed by atoms with Gasteiger partial charge in [-0.1, -0.05) is 0 Å². The average Bonchev–Trinajstić information content (AvgIpc) is 2.53. The van der Waals surface area contributed by atoms with Crippen molar-refractivity contribution in [1.82, 2.24) is 10.0 Å². The quantitative estimate of drug-likeness (QED) is 0.592. The number of piperidine rings is 1. The molecule has 9 heteroatoms. The molecule has 1 fully saturated rings. The van der Waals surface area contributed by atoms with Crippen molar-refractivity contribution in [2.75, 3.05) is 26.7 Å². The fraction of sp³-hybridized carbons (Fsp3) is 0.538. The Hall–Kier alpha value is -1.71. The van der Waals surface area contributed by atoms with Crippen LogP contribution in [0, 0.1) is 16.0 Å². The number of methoxy groups -OCH3 is 1. The summed E-state index contributed by atoms with van der Waals surface area (Å²) in [5.74, 6) is 0.177. The normalized spacial score (nSPS) is 18.9. The fourth-order valence-corrected chi connectivity index (χ4v) is 3.52. The van der Waals surface area contributed by atoms with Gasteiger partial charge in [0.25, 0.3) is 0 Å². The molecule has 1 aromatic carbocycles. The van der Waals surface area contributed by atoms with E-state index in [-0.39, 0.29) is 22.3 Å². The SMILES string of the molecule is COc1cc(S(=O)(=O)NCC2CCCNC2)ccc1[N+](=O)[O-]. The monoisotopic (exact) mass is 329 g/mol. The molecule has 122 valence electrons. The van der Waals surface area contributed by atoms with Crippen LogP contribution in [-0.2, 0) is 10.0 Å². The number of hydrogen-bond acceptors (Lipinski definition) is 6. The molecular formula is C13H19N3O5S. The lowest BCUT2D eigenvalue weighted by Crippen LogP contribution is -2.38. The highest BCUT2D eigenvalue weighted by molar-refractivity contribution is 7.89. The van der Waals surface area contributed by atoms with Gasteiger partial charge >= 0.3 is 5.69 Å². The Morgan fingerprint density at radius 2 is 2.27 bits per heavy atom. The Labute approximate surface area is 129 Å². The summed E-state index contributed by atoms with van der Waals surface area (Å²) in [6.45, 7) is 2.09. The number of nitrogens with one attached hydrogen (secondary N) is 2. The molecule has 0 aliphatic carbocycles. The highest BCUT2D eigenvalue weighted by atomic mass is 32.2. The van der Waals surface area contributed by atoms with Crippen molar-refractivity contribution >= 4 is 15.7 Å². The predicted molar refractivity (Wildman–Crippen MR) is 80.4 cm³/mol. The molecule has 1 unspecified atom stereocenters. The van der Waals surface area contributed by atoms with Crippen LogP contribution in [0.1, 0.15) is 12.8 Å². The van der Waals surface area contributed by atoms with E-state index in [0.717, 1.165) is 32.0 Å². The molecule has 0 spiro atoms. The van der Waals surface area contributed by atoms with Crippen LogP contribution in [0.5, 0.6) is 5.75 Å². The summed E-state index contributed by atoms with van der Waals surface area (Å²) in [6.07, 6.45) is 2.00. The largest absolute Gasteiger partial charge is 0.490 e. The maximum Gasteiger partial charge on any atom is 0.310 e. The standard InChI is InChI=1S/C13H19N3O5S/c1-21-13-7-11(4-5-12(13)16(17)18)22(19,20)15-9-10-3-2-6-14-8-10/h4-5,7,10,14-15H,2-3,6,8-9H2,1H3. The molecule has 2 N–H and O–H groups in total. The van der Waals surface area contributed by atoms with E-state index in [2.05, 4.69) is 10.0 Å². The first kappa shape index (κ1) is 16.7. The summed E-state index contributed by atoms with van der Waals surface area (Å²) in [5, 5.41) is 14.0. The Morgan fingerprint density at radius 3 is 2.86 bits per heavy atom. The second-order valence-corrected chi connectivity index (χ2v) is 6.92. The maximum atomic E-state index is 12.3. The number of nitro groups is 1. The Bertz CT molecular complexity index is 641. The Kier molecular flexibility index (Phi) is 5.33. The van der Waals surface area contributed by atoms with Gasteiger partial charge < -0.3 is 10.1 Å². The highest BCUT2D eigenvalue weighted by Crippen LogP contribution is 2.29. The van der Waals surface area contributed by atoms with E-state index in [1.54, 1.807) is 0 Å². The zero-order valence-electron chi connectivity index (χ0n) is 12.2. The summed E-state index contributed by atoms with van der Waals surface area (Å²) in [4.78, 5) is 10.2. The van der Waals surface area contributed by atoms with Gasteiger partial charge in [0.05, 0.1) is 16.9 Å². The summed E-state index contributed by atoms with van der Waals surface area (Å²) in [7, 11) is -2.45. The molecule has 1 atom stereocenters. The number of benzene rings is 1. The molecule has 1 aliphatic heterocycles. The first-order chi connectivity index (χ1) is 10.4. The van der Waals surface area contributed by atoms with Crippen molar-refractivity contribution in [3.05, 3.63) is 28.3 Å². The van der Waals surface area contributed by atoms with E-state index in [0.29, 0.717) is 6.54 Å². The molecule has 1 saturated heterocycles. The van der Waals surface area contributed by atoms with Gasteiger partial charge in [-0.25, -0.2) is 13.1 Å². The molecule has 1 aromatic rings. The molecule has 8 nitrogen and oxygen atoms in total. The summed E-state index contributed by atoms with van der Waals surface area (Å²) in [5.41, 5.74) is -0.266. The lowest BCUT2D eigenvalue weighted by molar-refractivity contribution is -0.385. The van der Waals surface area contributed by atoms with Crippen LogP contribution in [0.2, 0.25) is 0 Å². The van der Waals surface area contributed by atoms with Crippen LogP contribution in [0.15, 0.2) is 23.1 Å². The summed E-state index contributed by atoms with van der Waals surface area (Å²) < 4.78 is 32.0. The molecule has 0 bridgehead atoms. The first-order valence-corrected chi connectivity index (χ1v) is 8.45. The van der Waals surface area contributed by atoms with E-state index >= 15 is 0 Å².